The summed E-state index contributed by atoms with van der Waals surface area (Å²) >= 11 is 0. The van der Waals surface area contributed by atoms with Crippen LogP contribution in [0.5, 0.6) is 0 Å². The van der Waals surface area contributed by atoms with Gasteiger partial charge in [-0.05, 0) is 18.8 Å². The first-order chi connectivity index (χ1) is 7.21. The minimum Gasteiger partial charge on any atom is -0.366 e. The van der Waals surface area contributed by atoms with Crippen LogP contribution in [-0.2, 0) is 9.53 Å². The predicted molar refractivity (Wildman–Crippen MR) is 60.6 cm³/mol. The SMILES string of the molecule is CCC(CC)CC(=O)C1CCC(CN)O1. The number of hydrogen-bond donors (Lipinski definition) is 1. The van der Waals surface area contributed by atoms with Gasteiger partial charge < -0.3 is 10.5 Å². The van der Waals surface area contributed by atoms with E-state index in [9.17, 15) is 4.79 Å². The molecule has 3 nitrogen and oxygen atoms in total. The Kier molecular flexibility index (Phi) is 5.26. The summed E-state index contributed by atoms with van der Waals surface area (Å²) in [6.07, 6.45) is 4.58. The zero-order chi connectivity index (χ0) is 11.3. The number of hydrogen-bond acceptors (Lipinski definition) is 3. The first kappa shape index (κ1) is 12.7. The second kappa shape index (κ2) is 6.23. The molecule has 0 spiro atoms. The molecule has 2 atom stereocenters. The van der Waals surface area contributed by atoms with Gasteiger partial charge in [0.1, 0.15) is 6.10 Å². The highest BCUT2D eigenvalue weighted by Gasteiger charge is 2.30. The monoisotopic (exact) mass is 213 g/mol. The molecule has 0 amide bonds. The summed E-state index contributed by atoms with van der Waals surface area (Å²) < 4.78 is 5.59. The van der Waals surface area contributed by atoms with Crippen LogP contribution >= 0.6 is 0 Å². The van der Waals surface area contributed by atoms with Crippen LogP contribution in [0.25, 0.3) is 0 Å². The molecule has 3 heteroatoms. The largest absolute Gasteiger partial charge is 0.366 e. The molecule has 2 N–H and O–H groups in total. The van der Waals surface area contributed by atoms with E-state index in [-0.39, 0.29) is 18.0 Å². The Morgan fingerprint density at radius 3 is 2.53 bits per heavy atom. The van der Waals surface area contributed by atoms with E-state index in [4.69, 9.17) is 10.5 Å². The highest BCUT2D eigenvalue weighted by Crippen LogP contribution is 2.23. The molecule has 88 valence electrons. The number of ketones is 1. The lowest BCUT2D eigenvalue weighted by molar-refractivity contribution is -0.130. The lowest BCUT2D eigenvalue weighted by atomic mass is 9.94. The van der Waals surface area contributed by atoms with Crippen molar-refractivity contribution in [2.24, 2.45) is 11.7 Å². The maximum Gasteiger partial charge on any atom is 0.161 e. The quantitative estimate of drug-likeness (QED) is 0.733. The summed E-state index contributed by atoms with van der Waals surface area (Å²) in [6.45, 7) is 4.81. The lowest BCUT2D eigenvalue weighted by Crippen LogP contribution is -2.26. The molecule has 0 aromatic carbocycles. The summed E-state index contributed by atoms with van der Waals surface area (Å²) in [5, 5.41) is 0. The smallest absolute Gasteiger partial charge is 0.161 e. The first-order valence-electron chi connectivity index (χ1n) is 6.09. The minimum atomic E-state index is -0.167. The van der Waals surface area contributed by atoms with Crippen LogP contribution in [0.2, 0.25) is 0 Å². The summed E-state index contributed by atoms with van der Waals surface area (Å²) in [7, 11) is 0. The topological polar surface area (TPSA) is 52.3 Å². The standard InChI is InChI=1S/C12H23NO2/c1-3-9(4-2)7-11(14)12-6-5-10(8-13)15-12/h9-10,12H,3-8,13H2,1-2H3. The molecule has 1 fully saturated rings. The molecule has 0 aliphatic carbocycles. The van der Waals surface area contributed by atoms with Crippen molar-refractivity contribution < 1.29 is 9.53 Å². The van der Waals surface area contributed by atoms with Crippen molar-refractivity contribution in [1.29, 1.82) is 0 Å². The average Bonchev–Trinajstić information content (AvgIpc) is 2.74. The van der Waals surface area contributed by atoms with Gasteiger partial charge in [-0.2, -0.15) is 0 Å². The van der Waals surface area contributed by atoms with E-state index >= 15 is 0 Å². The molecule has 1 heterocycles. The Bertz CT molecular complexity index is 202. The van der Waals surface area contributed by atoms with Gasteiger partial charge in [-0.15, -0.1) is 0 Å². The predicted octanol–water partition coefficient (Wildman–Crippen LogP) is 1.89. The highest BCUT2D eigenvalue weighted by atomic mass is 16.5. The molecule has 1 rings (SSSR count). The number of ether oxygens (including phenoxy) is 1. The number of carbonyl (C=O) groups is 1. The molecular weight excluding hydrogens is 190 g/mol. The van der Waals surface area contributed by atoms with E-state index in [2.05, 4.69) is 13.8 Å². The fraction of sp³-hybridized carbons (Fsp3) is 0.917. The van der Waals surface area contributed by atoms with Crippen LogP contribution < -0.4 is 5.73 Å². The molecule has 15 heavy (non-hydrogen) atoms. The molecule has 1 aliphatic heterocycles. The van der Waals surface area contributed by atoms with Crippen LogP contribution in [0, 0.1) is 5.92 Å². The Morgan fingerprint density at radius 2 is 2.07 bits per heavy atom. The fourth-order valence-corrected chi connectivity index (χ4v) is 2.11. The third-order valence-corrected chi connectivity index (χ3v) is 3.37. The summed E-state index contributed by atoms with van der Waals surface area (Å²) in [4.78, 5) is 11.9. The van der Waals surface area contributed by atoms with Crippen molar-refractivity contribution in [3.05, 3.63) is 0 Å². The molecule has 1 saturated heterocycles. The van der Waals surface area contributed by atoms with Gasteiger partial charge in [-0.1, -0.05) is 26.7 Å². The van der Waals surface area contributed by atoms with Crippen molar-refractivity contribution in [1.82, 2.24) is 0 Å². The average molecular weight is 213 g/mol. The molecule has 0 aromatic rings. The molecule has 1 aliphatic rings. The van der Waals surface area contributed by atoms with E-state index in [1.165, 1.54) is 0 Å². The fourth-order valence-electron chi connectivity index (χ4n) is 2.11. The molecule has 0 bridgehead atoms. The van der Waals surface area contributed by atoms with E-state index in [0.29, 0.717) is 18.9 Å². The second-order valence-corrected chi connectivity index (χ2v) is 4.41. The van der Waals surface area contributed by atoms with E-state index in [1.807, 2.05) is 0 Å². The van der Waals surface area contributed by atoms with Gasteiger partial charge in [0.25, 0.3) is 0 Å². The number of Topliss-reactive ketones (excluding diaryl/α,β-unsaturated/α-hetero) is 1. The zero-order valence-electron chi connectivity index (χ0n) is 9.87. The van der Waals surface area contributed by atoms with Crippen molar-refractivity contribution in [3.8, 4) is 0 Å². The van der Waals surface area contributed by atoms with E-state index in [0.717, 1.165) is 25.7 Å². The van der Waals surface area contributed by atoms with Crippen LogP contribution in [-0.4, -0.2) is 24.5 Å². The first-order valence-corrected chi connectivity index (χ1v) is 6.09. The normalized spacial score (nSPS) is 26.1. The molecule has 0 saturated carbocycles. The summed E-state index contributed by atoms with van der Waals surface area (Å²) in [5.74, 6) is 0.803. The van der Waals surface area contributed by atoms with E-state index in [1.54, 1.807) is 0 Å². The van der Waals surface area contributed by atoms with Gasteiger partial charge in [0.2, 0.25) is 0 Å². The van der Waals surface area contributed by atoms with Gasteiger partial charge in [0, 0.05) is 13.0 Å². The Hall–Kier alpha value is -0.410. The number of rotatable bonds is 6. The lowest BCUT2D eigenvalue weighted by Gasteiger charge is -2.15. The van der Waals surface area contributed by atoms with Crippen LogP contribution in [0.4, 0.5) is 0 Å². The van der Waals surface area contributed by atoms with Crippen LogP contribution in [0.15, 0.2) is 0 Å². The van der Waals surface area contributed by atoms with Gasteiger partial charge in [-0.3, -0.25) is 4.79 Å². The van der Waals surface area contributed by atoms with Crippen molar-refractivity contribution in [3.63, 3.8) is 0 Å². The summed E-state index contributed by atoms with van der Waals surface area (Å²) in [5.41, 5.74) is 5.51. The molecular formula is C12H23NO2. The van der Waals surface area contributed by atoms with Crippen molar-refractivity contribution in [2.45, 2.75) is 58.2 Å². The number of nitrogens with two attached hydrogens (primary N) is 1. The van der Waals surface area contributed by atoms with Crippen molar-refractivity contribution >= 4 is 5.78 Å². The van der Waals surface area contributed by atoms with Gasteiger partial charge in [0.05, 0.1) is 6.10 Å². The Labute approximate surface area is 92.4 Å². The maximum absolute atomic E-state index is 11.9. The van der Waals surface area contributed by atoms with Crippen LogP contribution in [0.3, 0.4) is 0 Å². The molecule has 0 aromatic heterocycles. The third kappa shape index (κ3) is 3.58. The van der Waals surface area contributed by atoms with Gasteiger partial charge >= 0.3 is 0 Å². The number of carbonyl (C=O) groups excluding carboxylic acids is 1. The van der Waals surface area contributed by atoms with Crippen molar-refractivity contribution in [2.75, 3.05) is 6.54 Å². The van der Waals surface area contributed by atoms with Crippen LogP contribution in [0.1, 0.15) is 46.0 Å². The summed E-state index contributed by atoms with van der Waals surface area (Å²) in [6, 6.07) is 0. The Balaban J connectivity index is 2.34. The molecule has 2 unspecified atom stereocenters. The van der Waals surface area contributed by atoms with E-state index < -0.39 is 0 Å². The maximum atomic E-state index is 11.9. The van der Waals surface area contributed by atoms with Gasteiger partial charge in [-0.25, -0.2) is 0 Å². The second-order valence-electron chi connectivity index (χ2n) is 4.41. The zero-order valence-corrected chi connectivity index (χ0v) is 9.87. The Morgan fingerprint density at radius 1 is 1.40 bits per heavy atom. The molecule has 0 radical (unpaired) electrons. The minimum absolute atomic E-state index is 0.112. The third-order valence-electron chi connectivity index (χ3n) is 3.37. The van der Waals surface area contributed by atoms with Gasteiger partial charge in [0.15, 0.2) is 5.78 Å². The highest BCUT2D eigenvalue weighted by molar-refractivity contribution is 5.83.